The number of benzene rings is 2. The van der Waals surface area contributed by atoms with Crippen LogP contribution in [0.3, 0.4) is 0 Å². The van der Waals surface area contributed by atoms with Crippen molar-refractivity contribution in [2.45, 2.75) is 6.42 Å². The van der Waals surface area contributed by atoms with Crippen LogP contribution in [0.1, 0.15) is 5.56 Å². The molecule has 142 valence electrons. The molecule has 0 bridgehead atoms. The number of nitrogens with zero attached hydrogens (tertiary/aromatic N) is 4. The zero-order valence-electron chi connectivity index (χ0n) is 15.7. The topological polar surface area (TPSA) is 61.4 Å². The van der Waals surface area contributed by atoms with Crippen LogP contribution in [0.5, 0.6) is 0 Å². The maximum Gasteiger partial charge on any atom is 0.228 e. The molecule has 1 N–H and O–H groups in total. The summed E-state index contributed by atoms with van der Waals surface area (Å²) in [5, 5.41) is 2.86. The molecule has 0 atom stereocenters. The van der Waals surface area contributed by atoms with Crippen molar-refractivity contribution < 1.29 is 4.79 Å². The zero-order valence-corrected chi connectivity index (χ0v) is 15.7. The van der Waals surface area contributed by atoms with Crippen LogP contribution in [0.15, 0.2) is 73.1 Å². The average molecular weight is 373 g/mol. The molecule has 1 aliphatic heterocycles. The van der Waals surface area contributed by atoms with E-state index in [2.05, 4.69) is 49.4 Å². The van der Waals surface area contributed by atoms with Gasteiger partial charge in [-0.1, -0.05) is 48.5 Å². The van der Waals surface area contributed by atoms with Gasteiger partial charge in [0, 0.05) is 31.9 Å². The van der Waals surface area contributed by atoms with E-state index in [0.717, 1.165) is 31.7 Å². The van der Waals surface area contributed by atoms with Crippen LogP contribution in [0.2, 0.25) is 0 Å². The number of carbonyl (C=O) groups excluding carboxylic acids is 1. The van der Waals surface area contributed by atoms with E-state index in [-0.39, 0.29) is 5.91 Å². The number of rotatable bonds is 5. The lowest BCUT2D eigenvalue weighted by Gasteiger charge is -2.36. The van der Waals surface area contributed by atoms with Gasteiger partial charge in [0.05, 0.1) is 24.5 Å². The Balaban J connectivity index is 1.31. The molecule has 6 heteroatoms. The fourth-order valence-electron chi connectivity index (χ4n) is 3.34. The molecule has 3 aromatic rings. The van der Waals surface area contributed by atoms with Gasteiger partial charge < -0.3 is 15.1 Å². The molecule has 1 aromatic heterocycles. The number of para-hydroxylation sites is 1. The van der Waals surface area contributed by atoms with Gasteiger partial charge in [-0.05, 0) is 17.7 Å². The fraction of sp³-hybridized carbons (Fsp3) is 0.227. The summed E-state index contributed by atoms with van der Waals surface area (Å²) in [6.07, 6.45) is 3.69. The highest BCUT2D eigenvalue weighted by molar-refractivity contribution is 5.91. The lowest BCUT2D eigenvalue weighted by atomic mass is 10.1. The quantitative estimate of drug-likeness (QED) is 0.745. The Morgan fingerprint density at radius 2 is 1.39 bits per heavy atom. The second-order valence-electron chi connectivity index (χ2n) is 6.79. The molecule has 2 aromatic carbocycles. The van der Waals surface area contributed by atoms with E-state index >= 15 is 0 Å². The van der Waals surface area contributed by atoms with Gasteiger partial charge in [0.15, 0.2) is 0 Å². The second kappa shape index (κ2) is 8.52. The van der Waals surface area contributed by atoms with Crippen molar-refractivity contribution in [3.05, 3.63) is 78.6 Å². The van der Waals surface area contributed by atoms with Crippen molar-refractivity contribution >= 4 is 23.2 Å². The average Bonchev–Trinajstić information content (AvgIpc) is 2.76. The van der Waals surface area contributed by atoms with Gasteiger partial charge in [-0.3, -0.25) is 4.79 Å². The maximum absolute atomic E-state index is 12.2. The van der Waals surface area contributed by atoms with Crippen LogP contribution in [0.4, 0.5) is 17.3 Å². The Hall–Kier alpha value is -3.41. The summed E-state index contributed by atoms with van der Waals surface area (Å²) in [4.78, 5) is 25.6. The predicted molar refractivity (Wildman–Crippen MR) is 112 cm³/mol. The minimum atomic E-state index is -0.0703. The molecule has 1 amide bonds. The maximum atomic E-state index is 12.2. The molecule has 0 aliphatic carbocycles. The number of aromatic nitrogens is 2. The van der Waals surface area contributed by atoms with Gasteiger partial charge >= 0.3 is 0 Å². The number of piperazine rings is 1. The van der Waals surface area contributed by atoms with E-state index < -0.39 is 0 Å². The van der Waals surface area contributed by atoms with Crippen LogP contribution in [-0.4, -0.2) is 42.1 Å². The minimum Gasteiger partial charge on any atom is -0.368 e. The van der Waals surface area contributed by atoms with Crippen molar-refractivity contribution in [3.8, 4) is 0 Å². The first-order valence-electron chi connectivity index (χ1n) is 9.49. The Morgan fingerprint density at radius 3 is 2.04 bits per heavy atom. The van der Waals surface area contributed by atoms with Crippen LogP contribution >= 0.6 is 0 Å². The predicted octanol–water partition coefficient (Wildman–Crippen LogP) is 2.98. The van der Waals surface area contributed by atoms with E-state index in [9.17, 15) is 4.79 Å². The summed E-state index contributed by atoms with van der Waals surface area (Å²) < 4.78 is 0. The monoisotopic (exact) mass is 373 g/mol. The third-order valence-electron chi connectivity index (χ3n) is 4.81. The number of hydrogen-bond acceptors (Lipinski definition) is 5. The molecular formula is C22H23N5O. The van der Waals surface area contributed by atoms with Crippen LogP contribution in [0.25, 0.3) is 0 Å². The van der Waals surface area contributed by atoms with Crippen molar-refractivity contribution in [3.63, 3.8) is 0 Å². The third-order valence-corrected chi connectivity index (χ3v) is 4.81. The Morgan fingerprint density at radius 1 is 0.821 bits per heavy atom. The first kappa shape index (κ1) is 18.0. The van der Waals surface area contributed by atoms with Crippen LogP contribution < -0.4 is 15.1 Å². The van der Waals surface area contributed by atoms with Gasteiger partial charge in [-0.15, -0.1) is 0 Å². The summed E-state index contributed by atoms with van der Waals surface area (Å²) in [7, 11) is 0. The highest BCUT2D eigenvalue weighted by atomic mass is 16.1. The molecule has 0 spiro atoms. The molecule has 6 nitrogen and oxygen atoms in total. The lowest BCUT2D eigenvalue weighted by molar-refractivity contribution is -0.115. The minimum absolute atomic E-state index is 0.0703. The van der Waals surface area contributed by atoms with Crippen molar-refractivity contribution in [2.24, 2.45) is 0 Å². The summed E-state index contributed by atoms with van der Waals surface area (Å²) >= 11 is 0. The molecule has 1 fully saturated rings. The van der Waals surface area contributed by atoms with Gasteiger partial charge in [-0.25, -0.2) is 9.97 Å². The molecule has 0 radical (unpaired) electrons. The van der Waals surface area contributed by atoms with E-state index in [1.165, 1.54) is 5.69 Å². The second-order valence-corrected chi connectivity index (χ2v) is 6.79. The van der Waals surface area contributed by atoms with Crippen molar-refractivity contribution in [2.75, 3.05) is 41.3 Å². The van der Waals surface area contributed by atoms with Gasteiger partial charge in [0.2, 0.25) is 11.9 Å². The molecule has 1 aliphatic rings. The number of hydrogen-bond donors (Lipinski definition) is 1. The highest BCUT2D eigenvalue weighted by Gasteiger charge is 2.19. The standard InChI is InChI=1S/C22H23N5O/c28-21(15-18-7-3-1-4-8-18)25-19-16-23-22(24-17-19)27-13-11-26(12-14-27)20-9-5-2-6-10-20/h1-10,16-17H,11-15H2,(H,25,28). The SMILES string of the molecule is O=C(Cc1ccccc1)Nc1cnc(N2CCN(c3ccccc3)CC2)nc1. The molecule has 2 heterocycles. The van der Waals surface area contributed by atoms with E-state index in [4.69, 9.17) is 0 Å². The van der Waals surface area contributed by atoms with Crippen molar-refractivity contribution in [1.82, 2.24) is 9.97 Å². The summed E-state index contributed by atoms with van der Waals surface area (Å²) in [6.45, 7) is 3.61. The van der Waals surface area contributed by atoms with Crippen LogP contribution in [-0.2, 0) is 11.2 Å². The Bertz CT molecular complexity index is 891. The van der Waals surface area contributed by atoms with Gasteiger partial charge in [0.25, 0.3) is 0 Å². The van der Waals surface area contributed by atoms with Crippen molar-refractivity contribution in [1.29, 1.82) is 0 Å². The number of nitrogens with one attached hydrogen (secondary N) is 1. The van der Waals surface area contributed by atoms with Gasteiger partial charge in [0.1, 0.15) is 0 Å². The van der Waals surface area contributed by atoms with Crippen LogP contribution in [0, 0.1) is 0 Å². The van der Waals surface area contributed by atoms with Gasteiger partial charge in [-0.2, -0.15) is 0 Å². The molecule has 4 rings (SSSR count). The smallest absolute Gasteiger partial charge is 0.228 e. The largest absolute Gasteiger partial charge is 0.368 e. The number of anilines is 3. The zero-order chi connectivity index (χ0) is 19.2. The summed E-state index contributed by atoms with van der Waals surface area (Å²) in [5.74, 6) is 0.632. The molecule has 28 heavy (non-hydrogen) atoms. The molecule has 0 saturated carbocycles. The number of amides is 1. The summed E-state index contributed by atoms with van der Waals surface area (Å²) in [5.41, 5.74) is 2.85. The summed E-state index contributed by atoms with van der Waals surface area (Å²) in [6, 6.07) is 20.1. The number of carbonyl (C=O) groups is 1. The molecule has 0 unspecified atom stereocenters. The fourth-order valence-corrected chi connectivity index (χ4v) is 3.34. The lowest BCUT2D eigenvalue weighted by Crippen LogP contribution is -2.47. The highest BCUT2D eigenvalue weighted by Crippen LogP contribution is 2.18. The molecule has 1 saturated heterocycles. The first-order valence-corrected chi connectivity index (χ1v) is 9.49. The first-order chi connectivity index (χ1) is 13.8. The van der Waals surface area contributed by atoms with E-state index in [1.54, 1.807) is 12.4 Å². The Labute approximate surface area is 164 Å². The Kier molecular flexibility index (Phi) is 5.47. The normalized spacial score (nSPS) is 14.0. The third kappa shape index (κ3) is 4.46. The van der Waals surface area contributed by atoms with E-state index in [0.29, 0.717) is 18.1 Å². The molecular weight excluding hydrogens is 350 g/mol. The van der Waals surface area contributed by atoms with E-state index in [1.807, 2.05) is 36.4 Å².